The summed E-state index contributed by atoms with van der Waals surface area (Å²) in [5.41, 5.74) is 1.97. The second-order valence-corrected chi connectivity index (χ2v) is 7.60. The zero-order chi connectivity index (χ0) is 19.0. The maximum absolute atomic E-state index is 11.3. The van der Waals surface area contributed by atoms with Crippen LogP contribution < -0.4 is 0 Å². The molecule has 2 nitrogen and oxygen atoms in total. The number of halogens is 6. The van der Waals surface area contributed by atoms with E-state index in [4.69, 9.17) is 69.6 Å². The zero-order valence-electron chi connectivity index (χ0n) is 12.7. The van der Waals surface area contributed by atoms with Crippen molar-refractivity contribution in [3.8, 4) is 22.4 Å². The molecule has 0 unspecified atom stereocenters. The summed E-state index contributed by atoms with van der Waals surface area (Å²) < 4.78 is 0. The van der Waals surface area contributed by atoms with Crippen LogP contribution in [0, 0.1) is 0 Å². The molecule has 0 spiro atoms. The molecule has 1 heterocycles. The van der Waals surface area contributed by atoms with Crippen LogP contribution in [0.25, 0.3) is 22.4 Å². The van der Waals surface area contributed by atoms with Gasteiger partial charge in [0, 0.05) is 28.5 Å². The molecule has 8 heteroatoms. The highest BCUT2D eigenvalue weighted by Crippen LogP contribution is 2.46. The molecule has 0 aliphatic rings. The monoisotopic (exact) mass is 463 g/mol. The van der Waals surface area contributed by atoms with Gasteiger partial charge in [0.2, 0.25) is 0 Å². The van der Waals surface area contributed by atoms with Gasteiger partial charge in [0.15, 0.2) is 6.29 Å². The summed E-state index contributed by atoms with van der Waals surface area (Å²) in [5.74, 6) is 0. The van der Waals surface area contributed by atoms with Crippen molar-refractivity contribution in [2.24, 2.45) is 0 Å². The smallest absolute Gasteiger partial charge is 0.151 e. The molecule has 0 saturated heterocycles. The van der Waals surface area contributed by atoms with Gasteiger partial charge in [-0.25, -0.2) is 0 Å². The van der Waals surface area contributed by atoms with Crippen molar-refractivity contribution in [2.75, 3.05) is 0 Å². The highest BCUT2D eigenvalue weighted by Gasteiger charge is 2.22. The maximum Gasteiger partial charge on any atom is 0.151 e. The third kappa shape index (κ3) is 3.55. The van der Waals surface area contributed by atoms with Gasteiger partial charge in [0.25, 0.3) is 0 Å². The van der Waals surface area contributed by atoms with Crippen LogP contribution in [0.5, 0.6) is 0 Å². The molecule has 3 rings (SSSR count). The molecule has 0 aliphatic heterocycles. The van der Waals surface area contributed by atoms with Crippen molar-refractivity contribution in [3.63, 3.8) is 0 Å². The fourth-order valence-electron chi connectivity index (χ4n) is 2.45. The van der Waals surface area contributed by atoms with Gasteiger partial charge in [-0.3, -0.25) is 9.78 Å². The summed E-state index contributed by atoms with van der Waals surface area (Å²) in [6.45, 7) is 0. The minimum Gasteiger partial charge on any atom is -0.298 e. The number of benzene rings is 2. The van der Waals surface area contributed by atoms with Crippen LogP contribution in [0.3, 0.4) is 0 Å². The van der Waals surface area contributed by atoms with E-state index < -0.39 is 0 Å². The number of aldehydes is 1. The number of nitrogens with zero attached hydrogens (tertiary/aromatic N) is 1. The standard InChI is InChI=1S/C18H7Cl6NO/c19-10-1-3-12(21)16(23)14(10)9-5-8(7-26)6-25-18(9)15-11(20)2-4-13(22)17(15)24/h1-7H. The third-order valence-corrected chi connectivity index (χ3v) is 5.88. The van der Waals surface area contributed by atoms with E-state index in [0.29, 0.717) is 54.3 Å². The maximum atomic E-state index is 11.3. The SMILES string of the molecule is O=Cc1cnc(-c2c(Cl)ccc(Cl)c2Cl)c(-c2c(Cl)ccc(Cl)c2Cl)c1. The quantitative estimate of drug-likeness (QED) is 0.288. The van der Waals surface area contributed by atoms with Crippen molar-refractivity contribution in [1.82, 2.24) is 4.98 Å². The van der Waals surface area contributed by atoms with Crippen LogP contribution >= 0.6 is 69.6 Å². The van der Waals surface area contributed by atoms with E-state index in [1.54, 1.807) is 30.3 Å². The third-order valence-electron chi connectivity index (χ3n) is 3.64. The lowest BCUT2D eigenvalue weighted by molar-refractivity contribution is 0.112. The minimum atomic E-state index is 0.222. The molecule has 1 aromatic heterocycles. The van der Waals surface area contributed by atoms with Gasteiger partial charge >= 0.3 is 0 Å². The van der Waals surface area contributed by atoms with Gasteiger partial charge in [-0.2, -0.15) is 0 Å². The Morgan fingerprint density at radius 1 is 0.731 bits per heavy atom. The molecule has 0 N–H and O–H groups in total. The molecule has 132 valence electrons. The van der Waals surface area contributed by atoms with E-state index in [1.165, 1.54) is 6.20 Å². The van der Waals surface area contributed by atoms with Crippen molar-refractivity contribution in [3.05, 3.63) is 72.2 Å². The average Bonchev–Trinajstić information content (AvgIpc) is 2.63. The predicted octanol–water partition coefficient (Wildman–Crippen LogP) is 8.15. The Morgan fingerprint density at radius 2 is 1.23 bits per heavy atom. The van der Waals surface area contributed by atoms with Gasteiger partial charge in [-0.15, -0.1) is 0 Å². The fraction of sp³-hybridized carbons (Fsp3) is 0. The Balaban J connectivity index is 2.43. The predicted molar refractivity (Wildman–Crippen MR) is 111 cm³/mol. The van der Waals surface area contributed by atoms with Gasteiger partial charge < -0.3 is 0 Å². The number of hydrogen-bond donors (Lipinski definition) is 0. The van der Waals surface area contributed by atoms with Crippen molar-refractivity contribution in [2.45, 2.75) is 0 Å². The van der Waals surface area contributed by atoms with Crippen LogP contribution in [-0.4, -0.2) is 11.3 Å². The van der Waals surface area contributed by atoms with E-state index in [-0.39, 0.29) is 10.0 Å². The largest absolute Gasteiger partial charge is 0.298 e. The van der Waals surface area contributed by atoms with E-state index >= 15 is 0 Å². The number of rotatable bonds is 3. The molecule has 0 aliphatic carbocycles. The highest BCUT2D eigenvalue weighted by molar-refractivity contribution is 6.47. The Hall–Kier alpha value is -1.000. The summed E-state index contributed by atoms with van der Waals surface area (Å²) in [6, 6.07) is 7.95. The van der Waals surface area contributed by atoms with E-state index in [1.807, 2.05) is 0 Å². The van der Waals surface area contributed by atoms with Crippen LogP contribution in [-0.2, 0) is 0 Å². The lowest BCUT2D eigenvalue weighted by atomic mass is 9.97. The summed E-state index contributed by atoms with van der Waals surface area (Å²) in [7, 11) is 0. The molecule has 3 aromatic rings. The van der Waals surface area contributed by atoms with Crippen LogP contribution in [0.15, 0.2) is 36.5 Å². The van der Waals surface area contributed by atoms with Crippen LogP contribution in [0.1, 0.15) is 10.4 Å². The molecular weight excluding hydrogens is 459 g/mol. The number of hydrogen-bond acceptors (Lipinski definition) is 2. The average molecular weight is 466 g/mol. The molecule has 26 heavy (non-hydrogen) atoms. The second kappa shape index (κ2) is 7.93. The van der Waals surface area contributed by atoms with Crippen molar-refractivity contribution >= 4 is 75.9 Å². The Morgan fingerprint density at radius 3 is 1.81 bits per heavy atom. The lowest BCUT2D eigenvalue weighted by Crippen LogP contribution is -1.96. The first-order chi connectivity index (χ1) is 12.3. The number of aromatic nitrogens is 1. The summed E-state index contributed by atoms with van der Waals surface area (Å²) in [5, 5.41) is 1.72. The molecular formula is C18H7Cl6NO. The summed E-state index contributed by atoms with van der Waals surface area (Å²) in [4.78, 5) is 15.6. The fourth-order valence-corrected chi connectivity index (χ4v) is 3.89. The molecule has 0 fully saturated rings. The van der Waals surface area contributed by atoms with Crippen molar-refractivity contribution < 1.29 is 4.79 Å². The normalized spacial score (nSPS) is 10.8. The molecule has 0 bridgehead atoms. The molecule has 0 saturated carbocycles. The minimum absolute atomic E-state index is 0.222. The van der Waals surface area contributed by atoms with Crippen LogP contribution in [0.4, 0.5) is 0 Å². The zero-order valence-corrected chi connectivity index (χ0v) is 17.2. The topological polar surface area (TPSA) is 30.0 Å². The molecule has 2 aromatic carbocycles. The molecule has 0 radical (unpaired) electrons. The van der Waals surface area contributed by atoms with E-state index in [2.05, 4.69) is 4.98 Å². The number of pyridine rings is 1. The number of carbonyl (C=O) groups excluding carboxylic acids is 1. The van der Waals surface area contributed by atoms with Gasteiger partial charge in [0.1, 0.15) is 0 Å². The second-order valence-electron chi connectivity index (χ2n) is 5.22. The lowest BCUT2D eigenvalue weighted by Gasteiger charge is -2.16. The van der Waals surface area contributed by atoms with Crippen LogP contribution in [0.2, 0.25) is 30.1 Å². The van der Waals surface area contributed by atoms with Gasteiger partial charge in [0.05, 0.1) is 35.8 Å². The first-order valence-electron chi connectivity index (χ1n) is 7.08. The van der Waals surface area contributed by atoms with Gasteiger partial charge in [-0.05, 0) is 30.3 Å². The van der Waals surface area contributed by atoms with E-state index in [0.717, 1.165) is 0 Å². The number of carbonyl (C=O) groups is 1. The van der Waals surface area contributed by atoms with Gasteiger partial charge in [-0.1, -0.05) is 69.6 Å². The Labute approximate surface area is 179 Å². The summed E-state index contributed by atoms with van der Waals surface area (Å²) >= 11 is 37.7. The Bertz CT molecular complexity index is 1030. The first kappa shape index (κ1) is 19.8. The summed E-state index contributed by atoms with van der Waals surface area (Å²) in [6.07, 6.45) is 2.06. The molecule has 0 amide bonds. The highest BCUT2D eigenvalue weighted by atomic mass is 35.5. The Kier molecular flexibility index (Phi) is 6.03. The first-order valence-corrected chi connectivity index (χ1v) is 9.35. The van der Waals surface area contributed by atoms with Crippen molar-refractivity contribution in [1.29, 1.82) is 0 Å². The molecule has 0 atom stereocenters. The van der Waals surface area contributed by atoms with E-state index in [9.17, 15) is 4.79 Å².